The van der Waals surface area contributed by atoms with Crippen LogP contribution in [0.25, 0.3) is 0 Å². The molecule has 1 aliphatic rings. The number of hydrogen-bond acceptors (Lipinski definition) is 3. The lowest BCUT2D eigenvalue weighted by molar-refractivity contribution is 0.0857. The molecule has 0 radical (unpaired) electrons. The van der Waals surface area contributed by atoms with Crippen molar-refractivity contribution in [1.82, 2.24) is 4.90 Å². The molecule has 0 amide bonds. The molecule has 0 saturated carbocycles. The molecule has 3 nitrogen and oxygen atoms in total. The molecule has 0 aromatic heterocycles. The third-order valence-electron chi connectivity index (χ3n) is 5.77. The normalized spacial score (nSPS) is 21.9. The van der Waals surface area contributed by atoms with Gasteiger partial charge in [-0.15, -0.1) is 0 Å². The van der Waals surface area contributed by atoms with Gasteiger partial charge in [-0.3, -0.25) is 9.69 Å². The van der Waals surface area contributed by atoms with E-state index >= 15 is 0 Å². The average Bonchev–Trinajstić information content (AvgIpc) is 3.13. The van der Waals surface area contributed by atoms with E-state index in [1.807, 2.05) is 72.8 Å². The fourth-order valence-electron chi connectivity index (χ4n) is 4.39. The number of carbonyl (C=O) groups is 1. The number of likely N-dealkylation sites (tertiary alicyclic amines) is 1. The van der Waals surface area contributed by atoms with Crippen molar-refractivity contribution in [3.05, 3.63) is 107 Å². The molecule has 0 aliphatic carbocycles. The van der Waals surface area contributed by atoms with E-state index in [0.29, 0.717) is 23.6 Å². The van der Waals surface area contributed by atoms with E-state index in [1.165, 1.54) is 0 Å². The van der Waals surface area contributed by atoms with Crippen LogP contribution in [0, 0.1) is 5.92 Å². The van der Waals surface area contributed by atoms with E-state index in [1.54, 1.807) is 0 Å². The Hall–Kier alpha value is -2.46. The molecule has 1 fully saturated rings. The predicted molar refractivity (Wildman–Crippen MR) is 116 cm³/mol. The topological polar surface area (TPSA) is 40.5 Å². The Morgan fingerprint density at radius 2 is 1.55 bits per heavy atom. The Balaban J connectivity index is 1.76. The number of benzene rings is 3. The van der Waals surface area contributed by atoms with Gasteiger partial charge in [-0.05, 0) is 23.6 Å². The molecule has 3 aromatic rings. The molecule has 0 spiro atoms. The van der Waals surface area contributed by atoms with Crippen LogP contribution >= 0.6 is 11.6 Å². The zero-order valence-corrected chi connectivity index (χ0v) is 16.9. The van der Waals surface area contributed by atoms with Crippen molar-refractivity contribution in [3.8, 4) is 0 Å². The summed E-state index contributed by atoms with van der Waals surface area (Å²) in [6.07, 6.45) is 0.604. The first-order valence-corrected chi connectivity index (χ1v) is 10.3. The van der Waals surface area contributed by atoms with Gasteiger partial charge in [-0.25, -0.2) is 0 Å². The van der Waals surface area contributed by atoms with Crippen molar-refractivity contribution in [2.45, 2.75) is 25.0 Å². The van der Waals surface area contributed by atoms with Gasteiger partial charge in [-0.1, -0.05) is 90.5 Å². The standard InChI is InChI=1S/C25H24ClNO2/c26-23-14-8-7-13-21(23)24-22(25(29)19-11-5-2-6-12-19)15-20(17-28)27(24)16-18-9-3-1-4-10-18/h1-14,20,22,24,28H,15-17H2/t20-,22-,24-/m0/s1. The molecule has 3 aromatic carbocycles. The van der Waals surface area contributed by atoms with E-state index < -0.39 is 0 Å². The lowest BCUT2D eigenvalue weighted by atomic mass is 9.86. The second kappa shape index (κ2) is 8.91. The SMILES string of the molecule is O=C(c1ccccc1)[C@H]1C[C@@H](CO)N(Cc2ccccc2)[C@H]1c1ccccc1Cl. The quantitative estimate of drug-likeness (QED) is 0.577. The van der Waals surface area contributed by atoms with Gasteiger partial charge in [0.2, 0.25) is 0 Å². The van der Waals surface area contributed by atoms with Crippen LogP contribution in [0.2, 0.25) is 5.02 Å². The van der Waals surface area contributed by atoms with Gasteiger partial charge in [-0.2, -0.15) is 0 Å². The smallest absolute Gasteiger partial charge is 0.167 e. The second-order valence-corrected chi connectivity index (χ2v) is 7.94. The fourth-order valence-corrected chi connectivity index (χ4v) is 4.64. The summed E-state index contributed by atoms with van der Waals surface area (Å²) in [6, 6.07) is 27.0. The number of hydrogen-bond donors (Lipinski definition) is 1. The summed E-state index contributed by atoms with van der Waals surface area (Å²) in [4.78, 5) is 15.7. The predicted octanol–water partition coefficient (Wildman–Crippen LogP) is 5.15. The molecule has 3 atom stereocenters. The molecular weight excluding hydrogens is 382 g/mol. The first-order chi connectivity index (χ1) is 14.2. The van der Waals surface area contributed by atoms with Gasteiger partial charge < -0.3 is 5.11 Å². The molecule has 4 heteroatoms. The van der Waals surface area contributed by atoms with Crippen molar-refractivity contribution < 1.29 is 9.90 Å². The lowest BCUT2D eigenvalue weighted by Gasteiger charge is -2.31. The maximum Gasteiger partial charge on any atom is 0.167 e. The van der Waals surface area contributed by atoms with Crippen LogP contribution in [0.15, 0.2) is 84.9 Å². The van der Waals surface area contributed by atoms with Crippen LogP contribution in [0.5, 0.6) is 0 Å². The van der Waals surface area contributed by atoms with E-state index in [9.17, 15) is 9.90 Å². The minimum absolute atomic E-state index is 0.00631. The minimum atomic E-state index is -0.266. The molecule has 148 valence electrons. The van der Waals surface area contributed by atoms with Crippen molar-refractivity contribution in [3.63, 3.8) is 0 Å². The first kappa shape index (κ1) is 19.8. The zero-order valence-electron chi connectivity index (χ0n) is 16.1. The number of nitrogens with zero attached hydrogens (tertiary/aromatic N) is 1. The van der Waals surface area contributed by atoms with E-state index in [0.717, 1.165) is 11.1 Å². The van der Waals surface area contributed by atoms with Crippen LogP contribution in [-0.2, 0) is 6.54 Å². The molecule has 1 heterocycles. The van der Waals surface area contributed by atoms with Crippen LogP contribution < -0.4 is 0 Å². The highest BCUT2D eigenvalue weighted by Crippen LogP contribution is 2.45. The molecule has 1 aliphatic heterocycles. The molecule has 1 N–H and O–H groups in total. The second-order valence-electron chi connectivity index (χ2n) is 7.53. The van der Waals surface area contributed by atoms with Gasteiger partial charge in [0.15, 0.2) is 5.78 Å². The summed E-state index contributed by atoms with van der Waals surface area (Å²) in [5.41, 5.74) is 2.79. The molecular formula is C25H24ClNO2. The first-order valence-electron chi connectivity index (χ1n) is 9.93. The van der Waals surface area contributed by atoms with Crippen LogP contribution in [0.3, 0.4) is 0 Å². The summed E-state index contributed by atoms with van der Waals surface area (Å²) in [5, 5.41) is 10.8. The summed E-state index contributed by atoms with van der Waals surface area (Å²) in [6.45, 7) is 0.660. The van der Waals surface area contributed by atoms with Crippen LogP contribution in [0.4, 0.5) is 0 Å². The highest BCUT2D eigenvalue weighted by molar-refractivity contribution is 6.31. The number of halogens is 1. The summed E-state index contributed by atoms with van der Waals surface area (Å²) in [7, 11) is 0. The monoisotopic (exact) mass is 405 g/mol. The fraction of sp³-hybridized carbons (Fsp3) is 0.240. The van der Waals surface area contributed by atoms with Gasteiger partial charge in [0.25, 0.3) is 0 Å². The molecule has 0 bridgehead atoms. The van der Waals surface area contributed by atoms with E-state index in [-0.39, 0.29) is 30.4 Å². The minimum Gasteiger partial charge on any atom is -0.395 e. The van der Waals surface area contributed by atoms with Gasteiger partial charge >= 0.3 is 0 Å². The number of carbonyl (C=O) groups excluding carboxylic acids is 1. The third-order valence-corrected chi connectivity index (χ3v) is 6.12. The third kappa shape index (κ3) is 4.13. The lowest BCUT2D eigenvalue weighted by Crippen LogP contribution is -2.34. The summed E-state index contributed by atoms with van der Waals surface area (Å²) >= 11 is 6.58. The molecule has 0 unspecified atom stereocenters. The number of aliphatic hydroxyl groups excluding tert-OH is 1. The van der Waals surface area contributed by atoms with E-state index in [4.69, 9.17) is 11.6 Å². The Morgan fingerprint density at radius 1 is 0.931 bits per heavy atom. The summed E-state index contributed by atoms with van der Waals surface area (Å²) in [5.74, 6) is -0.164. The number of aliphatic hydroxyl groups is 1. The average molecular weight is 406 g/mol. The van der Waals surface area contributed by atoms with Crippen LogP contribution in [-0.4, -0.2) is 28.4 Å². The summed E-state index contributed by atoms with van der Waals surface area (Å²) < 4.78 is 0. The van der Waals surface area contributed by atoms with Crippen LogP contribution in [0.1, 0.15) is 33.9 Å². The molecule has 29 heavy (non-hydrogen) atoms. The maximum atomic E-state index is 13.5. The number of ketones is 1. The Morgan fingerprint density at radius 3 is 2.21 bits per heavy atom. The van der Waals surface area contributed by atoms with Gasteiger partial charge in [0, 0.05) is 35.1 Å². The van der Waals surface area contributed by atoms with Crippen molar-refractivity contribution >= 4 is 17.4 Å². The van der Waals surface area contributed by atoms with Crippen molar-refractivity contribution in [1.29, 1.82) is 0 Å². The van der Waals surface area contributed by atoms with Gasteiger partial charge in [0.05, 0.1) is 6.61 Å². The Kier molecular flexibility index (Phi) is 6.10. The van der Waals surface area contributed by atoms with E-state index in [2.05, 4.69) is 17.0 Å². The molecule has 1 saturated heterocycles. The van der Waals surface area contributed by atoms with Crippen molar-refractivity contribution in [2.24, 2.45) is 5.92 Å². The van der Waals surface area contributed by atoms with Gasteiger partial charge in [0.1, 0.15) is 0 Å². The highest BCUT2D eigenvalue weighted by atomic mass is 35.5. The zero-order chi connectivity index (χ0) is 20.2. The largest absolute Gasteiger partial charge is 0.395 e. The van der Waals surface area contributed by atoms with Crippen molar-refractivity contribution in [2.75, 3.05) is 6.61 Å². The number of Topliss-reactive ketones (excluding diaryl/α,β-unsaturated/α-hetero) is 1. The Bertz CT molecular complexity index is 961. The number of rotatable bonds is 6. The Labute approximate surface area is 176 Å². The highest BCUT2D eigenvalue weighted by Gasteiger charge is 2.45. The molecule has 4 rings (SSSR count). The maximum absolute atomic E-state index is 13.5.